The fourth-order valence-corrected chi connectivity index (χ4v) is 2.50. The van der Waals surface area contributed by atoms with Crippen LogP contribution >= 0.6 is 0 Å². The van der Waals surface area contributed by atoms with Crippen LogP contribution in [-0.2, 0) is 6.42 Å². The zero-order chi connectivity index (χ0) is 15.5. The molecule has 0 spiro atoms. The van der Waals surface area contributed by atoms with Crippen LogP contribution in [0.25, 0.3) is 22.4 Å². The topological polar surface area (TPSA) is 67.9 Å². The van der Waals surface area contributed by atoms with Crippen LogP contribution in [0.3, 0.4) is 0 Å². The molecular formula is C16H19N5O. The van der Waals surface area contributed by atoms with Gasteiger partial charge in [0.15, 0.2) is 11.5 Å². The van der Waals surface area contributed by atoms with E-state index in [1.54, 1.807) is 0 Å². The summed E-state index contributed by atoms with van der Waals surface area (Å²) in [7, 11) is 0. The van der Waals surface area contributed by atoms with Crippen molar-refractivity contribution in [3.8, 4) is 11.6 Å². The predicted octanol–water partition coefficient (Wildman–Crippen LogP) is 3.09. The van der Waals surface area contributed by atoms with E-state index in [1.807, 2.05) is 25.1 Å². The molecule has 22 heavy (non-hydrogen) atoms. The molecule has 6 heteroatoms. The van der Waals surface area contributed by atoms with Crippen molar-refractivity contribution in [3.63, 3.8) is 0 Å². The first-order valence-corrected chi connectivity index (χ1v) is 7.61. The minimum absolute atomic E-state index is 0.423. The molecule has 0 N–H and O–H groups in total. The van der Waals surface area contributed by atoms with E-state index in [0.717, 1.165) is 29.7 Å². The van der Waals surface area contributed by atoms with Gasteiger partial charge in [0.05, 0.1) is 0 Å². The third-order valence-electron chi connectivity index (χ3n) is 3.70. The third-order valence-corrected chi connectivity index (χ3v) is 3.70. The molecule has 0 atom stereocenters. The highest BCUT2D eigenvalue weighted by atomic mass is 16.4. The first-order chi connectivity index (χ1) is 10.8. The monoisotopic (exact) mass is 297 g/mol. The lowest BCUT2D eigenvalue weighted by atomic mass is 10.1. The van der Waals surface area contributed by atoms with Gasteiger partial charge in [0.2, 0.25) is 5.89 Å². The number of aromatic nitrogens is 4. The SMILES string of the molecule is CCc1nnc(-c2nnc(N(CC)CC)c3ccccc23)o1. The normalized spacial score (nSPS) is 11.0. The summed E-state index contributed by atoms with van der Waals surface area (Å²) in [6.45, 7) is 7.97. The summed E-state index contributed by atoms with van der Waals surface area (Å²) in [6, 6.07) is 8.06. The Morgan fingerprint density at radius 1 is 0.909 bits per heavy atom. The van der Waals surface area contributed by atoms with Crippen molar-refractivity contribution in [2.45, 2.75) is 27.2 Å². The van der Waals surface area contributed by atoms with Gasteiger partial charge in [-0.25, -0.2) is 0 Å². The lowest BCUT2D eigenvalue weighted by Crippen LogP contribution is -2.23. The molecule has 114 valence electrons. The molecule has 0 bridgehead atoms. The minimum Gasteiger partial charge on any atom is -0.419 e. The fourth-order valence-electron chi connectivity index (χ4n) is 2.50. The van der Waals surface area contributed by atoms with E-state index in [9.17, 15) is 0 Å². The minimum atomic E-state index is 0.423. The highest BCUT2D eigenvalue weighted by Gasteiger charge is 2.17. The van der Waals surface area contributed by atoms with Crippen LogP contribution in [0.15, 0.2) is 28.7 Å². The number of aryl methyl sites for hydroxylation is 1. The number of benzene rings is 1. The molecule has 0 amide bonds. The second-order valence-electron chi connectivity index (χ2n) is 4.94. The first kappa shape index (κ1) is 14.4. The smallest absolute Gasteiger partial charge is 0.268 e. The Balaban J connectivity index is 2.19. The van der Waals surface area contributed by atoms with Crippen molar-refractivity contribution in [1.82, 2.24) is 20.4 Å². The van der Waals surface area contributed by atoms with Gasteiger partial charge in [-0.05, 0) is 13.8 Å². The maximum atomic E-state index is 5.64. The van der Waals surface area contributed by atoms with E-state index in [4.69, 9.17) is 4.42 Å². The molecule has 0 saturated carbocycles. The number of hydrogen-bond donors (Lipinski definition) is 0. The average molecular weight is 297 g/mol. The standard InChI is InChI=1S/C16H19N5O/c1-4-13-17-20-16(22-13)14-11-9-7-8-10-12(11)15(19-18-14)21(5-2)6-3/h7-10H,4-6H2,1-3H3. The predicted molar refractivity (Wildman–Crippen MR) is 85.8 cm³/mol. The Morgan fingerprint density at radius 2 is 1.64 bits per heavy atom. The van der Waals surface area contributed by atoms with Gasteiger partial charge in [-0.2, -0.15) is 0 Å². The van der Waals surface area contributed by atoms with E-state index in [1.165, 1.54) is 0 Å². The summed E-state index contributed by atoms with van der Waals surface area (Å²) >= 11 is 0. The van der Waals surface area contributed by atoms with Crippen LogP contribution in [0.5, 0.6) is 0 Å². The molecule has 0 aliphatic rings. The molecule has 0 saturated heterocycles. The number of fused-ring (bicyclic) bond motifs is 1. The van der Waals surface area contributed by atoms with Crippen LogP contribution in [0.2, 0.25) is 0 Å². The van der Waals surface area contributed by atoms with Crippen LogP contribution in [0.1, 0.15) is 26.7 Å². The second kappa shape index (κ2) is 6.09. The maximum Gasteiger partial charge on any atom is 0.268 e. The van der Waals surface area contributed by atoms with Gasteiger partial charge in [0.1, 0.15) is 0 Å². The third kappa shape index (κ3) is 2.41. The molecular weight excluding hydrogens is 278 g/mol. The van der Waals surface area contributed by atoms with Crippen molar-refractivity contribution >= 4 is 16.6 Å². The van der Waals surface area contributed by atoms with E-state index in [-0.39, 0.29) is 0 Å². The van der Waals surface area contributed by atoms with Gasteiger partial charge >= 0.3 is 0 Å². The van der Waals surface area contributed by atoms with Gasteiger partial charge in [-0.1, -0.05) is 31.2 Å². The van der Waals surface area contributed by atoms with E-state index in [0.29, 0.717) is 23.9 Å². The molecule has 3 aromatic rings. The summed E-state index contributed by atoms with van der Waals surface area (Å²) in [5, 5.41) is 18.9. The molecule has 6 nitrogen and oxygen atoms in total. The molecule has 3 rings (SSSR count). The lowest BCUT2D eigenvalue weighted by Gasteiger charge is -2.21. The number of nitrogens with zero attached hydrogens (tertiary/aromatic N) is 5. The van der Waals surface area contributed by atoms with Crippen LogP contribution < -0.4 is 4.90 Å². The average Bonchev–Trinajstić information content (AvgIpc) is 3.05. The first-order valence-electron chi connectivity index (χ1n) is 7.61. The van der Waals surface area contributed by atoms with E-state index >= 15 is 0 Å². The van der Waals surface area contributed by atoms with Crippen molar-refractivity contribution in [3.05, 3.63) is 30.2 Å². The highest BCUT2D eigenvalue weighted by Crippen LogP contribution is 2.30. The van der Waals surface area contributed by atoms with Gasteiger partial charge in [0.25, 0.3) is 5.89 Å². The Kier molecular flexibility index (Phi) is 4.00. The Bertz CT molecular complexity index is 779. The summed E-state index contributed by atoms with van der Waals surface area (Å²) in [5.74, 6) is 1.92. The molecule has 0 unspecified atom stereocenters. The number of anilines is 1. The zero-order valence-corrected chi connectivity index (χ0v) is 13.1. The quantitative estimate of drug-likeness (QED) is 0.721. The Hall–Kier alpha value is -2.50. The van der Waals surface area contributed by atoms with Gasteiger partial charge in [0, 0.05) is 30.3 Å². The zero-order valence-electron chi connectivity index (χ0n) is 13.1. The van der Waals surface area contributed by atoms with Crippen molar-refractivity contribution in [1.29, 1.82) is 0 Å². The number of rotatable bonds is 5. The van der Waals surface area contributed by atoms with Crippen LogP contribution in [-0.4, -0.2) is 33.5 Å². The largest absolute Gasteiger partial charge is 0.419 e. The molecule has 0 aliphatic heterocycles. The second-order valence-corrected chi connectivity index (χ2v) is 4.94. The maximum absolute atomic E-state index is 5.64. The lowest BCUT2D eigenvalue weighted by molar-refractivity contribution is 0.511. The van der Waals surface area contributed by atoms with Gasteiger partial charge < -0.3 is 9.32 Å². The van der Waals surface area contributed by atoms with Crippen molar-refractivity contribution in [2.75, 3.05) is 18.0 Å². The number of hydrogen-bond acceptors (Lipinski definition) is 6. The van der Waals surface area contributed by atoms with Gasteiger partial charge in [-0.15, -0.1) is 20.4 Å². The molecule has 0 aliphatic carbocycles. The molecule has 1 aromatic carbocycles. The van der Waals surface area contributed by atoms with Crippen molar-refractivity contribution in [2.24, 2.45) is 0 Å². The van der Waals surface area contributed by atoms with E-state index < -0.39 is 0 Å². The van der Waals surface area contributed by atoms with Crippen LogP contribution in [0.4, 0.5) is 5.82 Å². The van der Waals surface area contributed by atoms with Gasteiger partial charge in [-0.3, -0.25) is 0 Å². The fraction of sp³-hybridized carbons (Fsp3) is 0.375. The highest BCUT2D eigenvalue weighted by molar-refractivity contribution is 5.99. The van der Waals surface area contributed by atoms with Crippen molar-refractivity contribution < 1.29 is 4.42 Å². The van der Waals surface area contributed by atoms with Crippen LogP contribution in [0, 0.1) is 0 Å². The molecule has 0 fully saturated rings. The Labute approximate surface area is 129 Å². The summed E-state index contributed by atoms with van der Waals surface area (Å²) in [4.78, 5) is 2.18. The molecule has 0 radical (unpaired) electrons. The summed E-state index contributed by atoms with van der Waals surface area (Å²) in [5.41, 5.74) is 0.638. The summed E-state index contributed by atoms with van der Waals surface area (Å²) in [6.07, 6.45) is 0.704. The van der Waals surface area contributed by atoms with E-state index in [2.05, 4.69) is 45.2 Å². The Morgan fingerprint density at radius 3 is 2.27 bits per heavy atom. The summed E-state index contributed by atoms with van der Waals surface area (Å²) < 4.78 is 5.64. The molecule has 2 aromatic heterocycles. The molecule has 2 heterocycles.